The van der Waals surface area contributed by atoms with Crippen molar-refractivity contribution in [1.29, 1.82) is 0 Å². The van der Waals surface area contributed by atoms with E-state index in [1.54, 1.807) is 17.8 Å². The lowest BCUT2D eigenvalue weighted by molar-refractivity contribution is -0.383. The van der Waals surface area contributed by atoms with Crippen molar-refractivity contribution in [3.8, 4) is 5.69 Å². The van der Waals surface area contributed by atoms with E-state index in [1.165, 1.54) is 30.3 Å². The van der Waals surface area contributed by atoms with Crippen LogP contribution in [0.15, 0.2) is 63.7 Å². The van der Waals surface area contributed by atoms with Gasteiger partial charge in [0.1, 0.15) is 10.0 Å². The number of nitrogens with zero attached hydrogens (tertiary/aromatic N) is 2. The van der Waals surface area contributed by atoms with Gasteiger partial charge < -0.3 is 10.6 Å². The number of thiophene rings is 1. The van der Waals surface area contributed by atoms with Gasteiger partial charge in [0, 0.05) is 18.4 Å². The number of aromatic nitrogens is 1. The predicted octanol–water partition coefficient (Wildman–Crippen LogP) is 4.31. The van der Waals surface area contributed by atoms with Crippen LogP contribution >= 0.6 is 22.9 Å². The Kier molecular flexibility index (Phi) is 6.67. The summed E-state index contributed by atoms with van der Waals surface area (Å²) in [6, 6.07) is 8.98. The molecule has 0 bridgehead atoms. The molecule has 11 nitrogen and oxygen atoms in total. The average Bonchev–Trinajstić information content (AvgIpc) is 3.26. The number of hydrogen-bond donors (Lipinski definition) is 3. The molecule has 36 heavy (non-hydrogen) atoms. The Morgan fingerprint density at radius 3 is 2.44 bits per heavy atom. The van der Waals surface area contributed by atoms with Crippen LogP contribution in [0, 0.1) is 15.9 Å². The van der Waals surface area contributed by atoms with Gasteiger partial charge in [-0.05, 0) is 48.5 Å². The molecule has 0 atom stereocenters. The lowest BCUT2D eigenvalue weighted by atomic mass is 10.1. The molecule has 0 unspecified atom stereocenters. The van der Waals surface area contributed by atoms with E-state index >= 15 is 0 Å². The fourth-order valence-electron chi connectivity index (χ4n) is 3.35. The van der Waals surface area contributed by atoms with Gasteiger partial charge in [0.2, 0.25) is 0 Å². The Hall–Kier alpha value is -4.01. The van der Waals surface area contributed by atoms with Crippen molar-refractivity contribution >= 4 is 66.8 Å². The monoisotopic (exact) mass is 551 g/mol. The van der Waals surface area contributed by atoms with Crippen LogP contribution in [0.3, 0.4) is 0 Å². The molecule has 2 amide bonds. The molecule has 4 rings (SSSR count). The molecule has 0 aliphatic rings. The Bertz CT molecular complexity index is 1700. The van der Waals surface area contributed by atoms with Crippen molar-refractivity contribution in [2.45, 2.75) is 4.21 Å². The number of benzene rings is 2. The highest BCUT2D eigenvalue weighted by molar-refractivity contribution is 7.92. The number of fused-ring (bicyclic) bond motifs is 1. The molecule has 0 aliphatic carbocycles. The zero-order valence-corrected chi connectivity index (χ0v) is 20.5. The summed E-state index contributed by atoms with van der Waals surface area (Å²) in [5, 5.41) is 16.7. The van der Waals surface area contributed by atoms with Gasteiger partial charge >= 0.3 is 6.03 Å². The van der Waals surface area contributed by atoms with Crippen molar-refractivity contribution in [3.05, 3.63) is 85.3 Å². The average molecular weight is 552 g/mol. The fourth-order valence-corrected chi connectivity index (χ4v) is 5.74. The van der Waals surface area contributed by atoms with Crippen molar-refractivity contribution in [1.82, 2.24) is 9.29 Å². The van der Waals surface area contributed by atoms with Crippen LogP contribution in [-0.2, 0) is 10.0 Å². The fraction of sp³-hybridized carbons (Fsp3) is 0.0476. The van der Waals surface area contributed by atoms with Crippen LogP contribution in [-0.4, -0.2) is 31.0 Å². The largest absolute Gasteiger partial charge is 0.388 e. The maximum Gasteiger partial charge on any atom is 0.333 e. The third kappa shape index (κ3) is 4.86. The van der Waals surface area contributed by atoms with E-state index in [9.17, 15) is 32.5 Å². The second kappa shape index (κ2) is 9.56. The van der Waals surface area contributed by atoms with Gasteiger partial charge in [-0.3, -0.25) is 19.5 Å². The Morgan fingerprint density at radius 1 is 1.11 bits per heavy atom. The first-order valence-electron chi connectivity index (χ1n) is 9.91. The Balaban J connectivity index is 1.66. The molecule has 2 aromatic heterocycles. The van der Waals surface area contributed by atoms with Crippen LogP contribution in [0.1, 0.15) is 0 Å². The highest BCUT2D eigenvalue weighted by atomic mass is 35.5. The van der Waals surface area contributed by atoms with Crippen molar-refractivity contribution in [2.75, 3.05) is 17.7 Å². The van der Waals surface area contributed by atoms with Gasteiger partial charge in [0.25, 0.3) is 21.3 Å². The SMILES string of the molecule is CNc1ccc2c(=O)n(-c3ccc(NC(=O)NS(=O)(=O)c4ccc(Cl)s4)cc3F)cc([N+](=O)[O-])c2c1. The number of nitro groups is 1. The molecular formula is C21H15ClFN5O6S2. The van der Waals surface area contributed by atoms with Gasteiger partial charge in [-0.25, -0.2) is 22.3 Å². The molecule has 3 N–H and O–H groups in total. The molecule has 0 radical (unpaired) electrons. The minimum Gasteiger partial charge on any atom is -0.388 e. The first-order valence-corrected chi connectivity index (χ1v) is 12.6. The van der Waals surface area contributed by atoms with Gasteiger partial charge in [-0.15, -0.1) is 11.3 Å². The molecule has 0 aliphatic heterocycles. The summed E-state index contributed by atoms with van der Waals surface area (Å²) in [4.78, 5) is 36.1. The number of hydrogen-bond acceptors (Lipinski definition) is 8. The maximum atomic E-state index is 15.0. The molecule has 15 heteroatoms. The molecule has 186 valence electrons. The lowest BCUT2D eigenvalue weighted by Gasteiger charge is -2.12. The normalized spacial score (nSPS) is 11.3. The summed E-state index contributed by atoms with van der Waals surface area (Å²) < 4.78 is 42.0. The van der Waals surface area contributed by atoms with Crippen LogP contribution in [0.2, 0.25) is 4.34 Å². The topological polar surface area (TPSA) is 152 Å². The van der Waals surface area contributed by atoms with E-state index in [2.05, 4.69) is 10.6 Å². The number of amides is 2. The molecule has 0 saturated heterocycles. The van der Waals surface area contributed by atoms with E-state index in [4.69, 9.17) is 11.6 Å². The summed E-state index contributed by atoms with van der Waals surface area (Å²) >= 11 is 6.46. The van der Waals surface area contributed by atoms with Crippen LogP contribution < -0.4 is 20.9 Å². The smallest absolute Gasteiger partial charge is 0.333 e. The van der Waals surface area contributed by atoms with Crippen molar-refractivity contribution in [3.63, 3.8) is 0 Å². The molecule has 0 saturated carbocycles. The number of sulfonamides is 1. The minimum atomic E-state index is -4.20. The summed E-state index contributed by atoms with van der Waals surface area (Å²) in [5.74, 6) is -0.997. The van der Waals surface area contributed by atoms with Crippen molar-refractivity contribution in [2.24, 2.45) is 0 Å². The summed E-state index contributed by atoms with van der Waals surface area (Å²) in [7, 11) is -2.58. The quantitative estimate of drug-likeness (QED) is 0.238. The highest BCUT2D eigenvalue weighted by Gasteiger charge is 2.22. The summed E-state index contributed by atoms with van der Waals surface area (Å²) in [6.45, 7) is 0. The molecule has 2 heterocycles. The standard InChI is InChI=1S/C21H15ClFN5O6S2/c1-24-11-2-4-13-14(8-11)17(28(31)32)10-27(20(13)29)16-5-3-12(9-15(16)23)25-21(30)26-36(33,34)19-7-6-18(22)35-19/h2-10,24H,1H3,(H2,25,26,30). The predicted molar refractivity (Wildman–Crippen MR) is 134 cm³/mol. The zero-order chi connectivity index (χ0) is 26.2. The number of urea groups is 1. The zero-order valence-electron chi connectivity index (χ0n) is 18.1. The summed E-state index contributed by atoms with van der Waals surface area (Å²) in [6.07, 6.45) is 0.918. The third-order valence-corrected chi connectivity index (χ3v) is 8.04. The number of carbonyl (C=O) groups excluding carboxylic acids is 1. The van der Waals surface area contributed by atoms with Crippen LogP contribution in [0.4, 0.5) is 26.2 Å². The van der Waals surface area contributed by atoms with E-state index in [0.29, 0.717) is 5.69 Å². The van der Waals surface area contributed by atoms with Gasteiger partial charge in [-0.1, -0.05) is 11.6 Å². The molecule has 0 spiro atoms. The van der Waals surface area contributed by atoms with Crippen LogP contribution in [0.5, 0.6) is 0 Å². The maximum absolute atomic E-state index is 15.0. The number of halogens is 2. The second-order valence-electron chi connectivity index (χ2n) is 7.24. The van der Waals surface area contributed by atoms with Gasteiger partial charge in [0.05, 0.1) is 31.9 Å². The summed E-state index contributed by atoms with van der Waals surface area (Å²) in [5.41, 5.74) is -1.01. The highest BCUT2D eigenvalue weighted by Crippen LogP contribution is 2.28. The third-order valence-electron chi connectivity index (χ3n) is 4.99. The first kappa shape index (κ1) is 25.1. The van der Waals surface area contributed by atoms with Gasteiger partial charge in [-0.2, -0.15) is 0 Å². The van der Waals surface area contributed by atoms with Crippen molar-refractivity contribution < 1.29 is 22.5 Å². The van der Waals surface area contributed by atoms with Gasteiger partial charge in [0.15, 0.2) is 0 Å². The number of rotatable bonds is 6. The molecular weight excluding hydrogens is 537 g/mol. The van der Waals surface area contributed by atoms with E-state index < -0.39 is 38.0 Å². The van der Waals surface area contributed by atoms with E-state index in [-0.39, 0.29) is 30.7 Å². The minimum absolute atomic E-state index is 0.00284. The number of nitrogens with one attached hydrogen (secondary N) is 3. The molecule has 0 fully saturated rings. The number of pyridine rings is 1. The molecule has 4 aromatic rings. The second-order valence-corrected chi connectivity index (χ2v) is 10.9. The van der Waals surface area contributed by atoms with Crippen LogP contribution in [0.25, 0.3) is 16.5 Å². The molecule has 2 aromatic carbocycles. The Labute approximate surface area is 211 Å². The van der Waals surface area contributed by atoms with E-state index in [1.807, 2.05) is 0 Å². The lowest BCUT2D eigenvalue weighted by Crippen LogP contribution is -2.34. The van der Waals surface area contributed by atoms with E-state index in [0.717, 1.165) is 34.2 Å². The number of anilines is 2. The number of carbonyl (C=O) groups is 1. The first-order chi connectivity index (χ1) is 17.0. The Morgan fingerprint density at radius 2 is 1.83 bits per heavy atom.